The van der Waals surface area contributed by atoms with Crippen LogP contribution in [-0.2, 0) is 14.2 Å². The molecule has 0 aromatic heterocycles. The van der Waals surface area contributed by atoms with Gasteiger partial charge in [0.05, 0.1) is 13.2 Å². The van der Waals surface area contributed by atoms with Crippen molar-refractivity contribution in [2.24, 2.45) is 11.8 Å². The van der Waals surface area contributed by atoms with Gasteiger partial charge in [0.1, 0.15) is 0 Å². The van der Waals surface area contributed by atoms with E-state index in [-0.39, 0.29) is 5.79 Å². The molecule has 1 aliphatic heterocycles. The van der Waals surface area contributed by atoms with Crippen molar-refractivity contribution >= 4 is 0 Å². The van der Waals surface area contributed by atoms with Crippen LogP contribution in [-0.4, -0.2) is 32.2 Å². The first-order chi connectivity index (χ1) is 12.2. The van der Waals surface area contributed by atoms with Crippen LogP contribution >= 0.6 is 0 Å². The third kappa shape index (κ3) is 8.41. The zero-order valence-electron chi connectivity index (χ0n) is 17.5. The summed E-state index contributed by atoms with van der Waals surface area (Å²) in [5, 5.41) is 0. The molecule has 0 saturated carbocycles. The summed E-state index contributed by atoms with van der Waals surface area (Å²) in [5.74, 6) is 0.942. The van der Waals surface area contributed by atoms with Gasteiger partial charge in [0.15, 0.2) is 5.79 Å². The van der Waals surface area contributed by atoms with E-state index in [1.54, 1.807) is 0 Å². The Kier molecular flexibility index (Phi) is 12.8. The van der Waals surface area contributed by atoms with Crippen molar-refractivity contribution in [1.82, 2.24) is 0 Å². The molecule has 1 atom stereocenters. The zero-order chi connectivity index (χ0) is 18.4. The number of hydrogen-bond donors (Lipinski definition) is 0. The van der Waals surface area contributed by atoms with Crippen LogP contribution < -0.4 is 0 Å². The molecule has 0 spiro atoms. The minimum atomic E-state index is -0.372. The molecule has 0 bridgehead atoms. The van der Waals surface area contributed by atoms with E-state index in [0.29, 0.717) is 5.92 Å². The minimum Gasteiger partial charge on any atom is -0.381 e. The van der Waals surface area contributed by atoms with Crippen LogP contribution in [0.15, 0.2) is 0 Å². The smallest absolute Gasteiger partial charge is 0.170 e. The van der Waals surface area contributed by atoms with Crippen molar-refractivity contribution in [3.05, 3.63) is 0 Å². The Morgan fingerprint density at radius 2 is 1.44 bits per heavy atom. The lowest BCUT2D eigenvalue weighted by atomic mass is 9.84. The van der Waals surface area contributed by atoms with E-state index < -0.39 is 0 Å². The molecular formula is C22H44O3. The van der Waals surface area contributed by atoms with E-state index in [1.807, 2.05) is 0 Å². The van der Waals surface area contributed by atoms with Crippen molar-refractivity contribution in [1.29, 1.82) is 0 Å². The summed E-state index contributed by atoms with van der Waals surface area (Å²) in [6.07, 6.45) is 14.1. The Labute approximate surface area is 157 Å². The highest BCUT2D eigenvalue weighted by atomic mass is 16.7. The summed E-state index contributed by atoms with van der Waals surface area (Å²) in [7, 11) is 0. The molecule has 1 unspecified atom stereocenters. The summed E-state index contributed by atoms with van der Waals surface area (Å²) < 4.78 is 17.8. The normalized spacial score (nSPS) is 16.8. The van der Waals surface area contributed by atoms with Crippen molar-refractivity contribution in [2.45, 2.75) is 104 Å². The molecule has 0 aromatic rings. The fourth-order valence-corrected chi connectivity index (χ4v) is 4.12. The summed E-state index contributed by atoms with van der Waals surface area (Å²) in [6, 6.07) is 0. The SMILES string of the molecule is CCCCCCCCC(CCCC1COC1)C(CC)(OCC)OCC. The van der Waals surface area contributed by atoms with Crippen LogP contribution in [0.2, 0.25) is 0 Å². The van der Waals surface area contributed by atoms with Crippen LogP contribution in [0.3, 0.4) is 0 Å². The van der Waals surface area contributed by atoms with Gasteiger partial charge in [-0.05, 0) is 39.5 Å². The summed E-state index contributed by atoms with van der Waals surface area (Å²) in [5.41, 5.74) is 0. The largest absolute Gasteiger partial charge is 0.381 e. The maximum absolute atomic E-state index is 6.23. The maximum Gasteiger partial charge on any atom is 0.170 e. The lowest BCUT2D eigenvalue weighted by Crippen LogP contribution is -2.43. The van der Waals surface area contributed by atoms with Crippen LogP contribution in [0.4, 0.5) is 0 Å². The first kappa shape index (κ1) is 22.9. The zero-order valence-corrected chi connectivity index (χ0v) is 17.5. The minimum absolute atomic E-state index is 0.372. The number of hydrogen-bond acceptors (Lipinski definition) is 3. The Morgan fingerprint density at radius 3 is 1.96 bits per heavy atom. The molecule has 25 heavy (non-hydrogen) atoms. The van der Waals surface area contributed by atoms with E-state index >= 15 is 0 Å². The summed E-state index contributed by atoms with van der Waals surface area (Å²) in [4.78, 5) is 0. The standard InChI is InChI=1S/C22H44O3/c1-5-9-10-11-12-13-16-21(17-14-15-20-18-23-19-20)22(6-2,24-7-3)25-8-4/h20-21H,5-19H2,1-4H3. The maximum atomic E-state index is 6.23. The summed E-state index contributed by atoms with van der Waals surface area (Å²) in [6.45, 7) is 12.1. The molecular weight excluding hydrogens is 312 g/mol. The highest BCUT2D eigenvalue weighted by Gasteiger charge is 2.38. The van der Waals surface area contributed by atoms with Crippen molar-refractivity contribution in [3.63, 3.8) is 0 Å². The predicted octanol–water partition coefficient (Wildman–Crippen LogP) is 6.35. The van der Waals surface area contributed by atoms with Gasteiger partial charge in [-0.25, -0.2) is 0 Å². The quantitative estimate of drug-likeness (QED) is 0.224. The third-order valence-corrected chi connectivity index (χ3v) is 5.67. The first-order valence-corrected chi connectivity index (χ1v) is 11.1. The van der Waals surface area contributed by atoms with Crippen molar-refractivity contribution in [2.75, 3.05) is 26.4 Å². The van der Waals surface area contributed by atoms with Crippen molar-refractivity contribution < 1.29 is 14.2 Å². The van der Waals surface area contributed by atoms with E-state index in [1.165, 1.54) is 64.2 Å². The van der Waals surface area contributed by atoms with Gasteiger partial charge >= 0.3 is 0 Å². The Morgan fingerprint density at radius 1 is 0.840 bits per heavy atom. The molecule has 3 heteroatoms. The molecule has 1 rings (SSSR count). The van der Waals surface area contributed by atoms with E-state index in [4.69, 9.17) is 14.2 Å². The molecule has 1 aliphatic rings. The van der Waals surface area contributed by atoms with Gasteiger partial charge in [0.2, 0.25) is 0 Å². The molecule has 0 aromatic carbocycles. The van der Waals surface area contributed by atoms with E-state index in [0.717, 1.165) is 38.8 Å². The van der Waals surface area contributed by atoms with Crippen molar-refractivity contribution in [3.8, 4) is 0 Å². The molecule has 1 saturated heterocycles. The first-order valence-electron chi connectivity index (χ1n) is 11.1. The highest BCUT2D eigenvalue weighted by molar-refractivity contribution is 4.80. The molecule has 0 amide bonds. The second-order valence-electron chi connectivity index (χ2n) is 7.62. The topological polar surface area (TPSA) is 27.7 Å². The average Bonchev–Trinajstić information content (AvgIpc) is 2.57. The van der Waals surface area contributed by atoms with Crippen LogP contribution in [0.5, 0.6) is 0 Å². The Balaban J connectivity index is 2.52. The monoisotopic (exact) mass is 356 g/mol. The third-order valence-electron chi connectivity index (χ3n) is 5.67. The molecule has 0 N–H and O–H groups in total. The second kappa shape index (κ2) is 14.0. The molecule has 0 aliphatic carbocycles. The molecule has 3 nitrogen and oxygen atoms in total. The van der Waals surface area contributed by atoms with Crippen LogP contribution in [0.25, 0.3) is 0 Å². The van der Waals surface area contributed by atoms with Gasteiger partial charge in [-0.1, -0.05) is 58.8 Å². The highest BCUT2D eigenvalue weighted by Crippen LogP contribution is 2.36. The number of unbranched alkanes of at least 4 members (excludes halogenated alkanes) is 5. The molecule has 0 radical (unpaired) electrons. The predicted molar refractivity (Wildman–Crippen MR) is 106 cm³/mol. The number of rotatable bonds is 17. The fourth-order valence-electron chi connectivity index (χ4n) is 4.12. The lowest BCUT2D eigenvalue weighted by Gasteiger charge is -2.40. The Hall–Kier alpha value is -0.120. The van der Waals surface area contributed by atoms with E-state index in [2.05, 4.69) is 27.7 Å². The van der Waals surface area contributed by atoms with Gasteiger partial charge in [-0.2, -0.15) is 0 Å². The number of ether oxygens (including phenoxy) is 3. The van der Waals surface area contributed by atoms with Gasteiger partial charge in [0.25, 0.3) is 0 Å². The molecule has 150 valence electrons. The Bertz CT molecular complexity index is 296. The van der Waals surface area contributed by atoms with E-state index in [9.17, 15) is 0 Å². The van der Waals surface area contributed by atoms with Gasteiger partial charge in [-0.3, -0.25) is 0 Å². The summed E-state index contributed by atoms with van der Waals surface area (Å²) >= 11 is 0. The van der Waals surface area contributed by atoms with Gasteiger partial charge in [0, 0.05) is 25.0 Å². The average molecular weight is 357 g/mol. The fraction of sp³-hybridized carbons (Fsp3) is 1.00. The lowest BCUT2D eigenvalue weighted by molar-refractivity contribution is -0.268. The molecule has 1 heterocycles. The second-order valence-corrected chi connectivity index (χ2v) is 7.62. The van der Waals surface area contributed by atoms with Crippen LogP contribution in [0.1, 0.15) is 98.3 Å². The van der Waals surface area contributed by atoms with Gasteiger partial charge < -0.3 is 14.2 Å². The van der Waals surface area contributed by atoms with Crippen LogP contribution in [0, 0.1) is 11.8 Å². The molecule has 1 fully saturated rings. The van der Waals surface area contributed by atoms with Gasteiger partial charge in [-0.15, -0.1) is 0 Å².